The molecule has 0 amide bonds. The first-order valence-corrected chi connectivity index (χ1v) is 11.4. The number of halogens is 1. The molecule has 1 aliphatic rings. The zero-order valence-corrected chi connectivity index (χ0v) is 19.2. The van der Waals surface area contributed by atoms with E-state index in [9.17, 15) is 9.50 Å². The van der Waals surface area contributed by atoms with Crippen LogP contribution in [0.1, 0.15) is 22.6 Å². The van der Waals surface area contributed by atoms with Gasteiger partial charge in [0.2, 0.25) is 0 Å². The third-order valence-corrected chi connectivity index (χ3v) is 5.90. The van der Waals surface area contributed by atoms with E-state index in [1.54, 1.807) is 12.1 Å². The highest BCUT2D eigenvalue weighted by molar-refractivity contribution is 5.51. The Labute approximate surface area is 194 Å². The molecule has 1 aromatic heterocycles. The van der Waals surface area contributed by atoms with Crippen molar-refractivity contribution < 1.29 is 14.2 Å². The van der Waals surface area contributed by atoms with Gasteiger partial charge in [0.05, 0.1) is 0 Å². The molecule has 6 nitrogen and oxygen atoms in total. The minimum Gasteiger partial charge on any atom is -0.491 e. The van der Waals surface area contributed by atoms with E-state index in [0.29, 0.717) is 13.0 Å². The van der Waals surface area contributed by atoms with Gasteiger partial charge in [-0.2, -0.15) is 0 Å². The van der Waals surface area contributed by atoms with E-state index in [4.69, 9.17) is 9.72 Å². The van der Waals surface area contributed by atoms with Gasteiger partial charge in [-0.1, -0.05) is 30.3 Å². The Morgan fingerprint density at radius 3 is 2.48 bits per heavy atom. The molecule has 1 atom stereocenters. The summed E-state index contributed by atoms with van der Waals surface area (Å²) < 4.78 is 19.4. The number of benzene rings is 2. The largest absolute Gasteiger partial charge is 0.491 e. The zero-order valence-electron chi connectivity index (χ0n) is 19.2. The molecule has 0 unspecified atom stereocenters. The molecule has 33 heavy (non-hydrogen) atoms. The van der Waals surface area contributed by atoms with Crippen LogP contribution in [0.25, 0.3) is 0 Å². The minimum absolute atomic E-state index is 0.233. The van der Waals surface area contributed by atoms with Crippen molar-refractivity contribution in [2.75, 3.05) is 44.2 Å². The maximum atomic E-state index is 13.7. The summed E-state index contributed by atoms with van der Waals surface area (Å²) in [6, 6.07) is 16.2. The van der Waals surface area contributed by atoms with Crippen molar-refractivity contribution >= 4 is 5.82 Å². The molecule has 7 heteroatoms. The maximum absolute atomic E-state index is 13.7. The summed E-state index contributed by atoms with van der Waals surface area (Å²) in [5.74, 6) is 2.20. The molecule has 0 saturated carbocycles. The van der Waals surface area contributed by atoms with E-state index in [0.717, 1.165) is 60.4 Å². The molecule has 4 rings (SSSR count). The SMILES string of the molecule is Cc1nc(C)c(Cc2cccc(F)c2)c(N2CCN(C[C@@H](O)COc3ccccc3)CC2)n1. The number of para-hydroxylation sites is 1. The molecule has 0 bridgehead atoms. The lowest BCUT2D eigenvalue weighted by Crippen LogP contribution is -2.49. The van der Waals surface area contributed by atoms with Gasteiger partial charge in [0.15, 0.2) is 0 Å². The van der Waals surface area contributed by atoms with Crippen LogP contribution in [0.15, 0.2) is 54.6 Å². The molecule has 174 valence electrons. The van der Waals surface area contributed by atoms with Crippen LogP contribution in [0.3, 0.4) is 0 Å². The van der Waals surface area contributed by atoms with Crippen molar-refractivity contribution in [3.05, 3.63) is 83.1 Å². The van der Waals surface area contributed by atoms with Gasteiger partial charge < -0.3 is 14.7 Å². The quantitative estimate of drug-likeness (QED) is 0.568. The van der Waals surface area contributed by atoms with Crippen molar-refractivity contribution in [3.8, 4) is 5.75 Å². The van der Waals surface area contributed by atoms with Gasteiger partial charge in [-0.3, -0.25) is 4.90 Å². The lowest BCUT2D eigenvalue weighted by molar-refractivity contribution is 0.0662. The van der Waals surface area contributed by atoms with Crippen molar-refractivity contribution in [3.63, 3.8) is 0 Å². The first-order chi connectivity index (χ1) is 16.0. The molecule has 1 aliphatic heterocycles. The van der Waals surface area contributed by atoms with Crippen LogP contribution in [-0.2, 0) is 6.42 Å². The average molecular weight is 451 g/mol. The predicted octanol–water partition coefficient (Wildman–Crippen LogP) is 3.39. The Morgan fingerprint density at radius 2 is 1.76 bits per heavy atom. The molecule has 1 saturated heterocycles. The van der Waals surface area contributed by atoms with Gasteiger partial charge in [-0.25, -0.2) is 14.4 Å². The van der Waals surface area contributed by atoms with Crippen molar-refractivity contribution in [1.29, 1.82) is 0 Å². The van der Waals surface area contributed by atoms with Crippen LogP contribution in [0, 0.1) is 19.7 Å². The highest BCUT2D eigenvalue weighted by Gasteiger charge is 2.23. The fraction of sp³-hybridized carbons (Fsp3) is 0.385. The number of β-amino-alcohol motifs (C(OH)–C–C–N with tert-alkyl or cyclic N) is 1. The Hall–Kier alpha value is -3.03. The van der Waals surface area contributed by atoms with Gasteiger partial charge in [0.1, 0.15) is 35.9 Å². The Balaban J connectivity index is 1.37. The molecule has 2 heterocycles. The third-order valence-electron chi connectivity index (χ3n) is 5.90. The number of anilines is 1. The van der Waals surface area contributed by atoms with Gasteiger partial charge in [-0.05, 0) is 43.7 Å². The number of rotatable bonds is 8. The number of aryl methyl sites for hydroxylation is 2. The summed E-state index contributed by atoms with van der Waals surface area (Å²) >= 11 is 0. The second kappa shape index (κ2) is 10.7. The van der Waals surface area contributed by atoms with E-state index in [2.05, 4.69) is 14.8 Å². The molecule has 0 spiro atoms. The third kappa shape index (κ3) is 6.27. The van der Waals surface area contributed by atoms with Gasteiger partial charge >= 0.3 is 0 Å². The van der Waals surface area contributed by atoms with Gasteiger partial charge in [0, 0.05) is 50.4 Å². The number of aliphatic hydroxyl groups excluding tert-OH is 1. The second-order valence-electron chi connectivity index (χ2n) is 8.53. The van der Waals surface area contributed by atoms with Crippen molar-refractivity contribution in [2.24, 2.45) is 0 Å². The number of ether oxygens (including phenoxy) is 1. The van der Waals surface area contributed by atoms with Crippen molar-refractivity contribution in [1.82, 2.24) is 14.9 Å². The van der Waals surface area contributed by atoms with E-state index in [1.165, 1.54) is 6.07 Å². The van der Waals surface area contributed by atoms with Crippen LogP contribution in [0.5, 0.6) is 5.75 Å². The number of aromatic nitrogens is 2. The van der Waals surface area contributed by atoms with E-state index in [1.807, 2.05) is 50.2 Å². The topological polar surface area (TPSA) is 61.7 Å². The first-order valence-electron chi connectivity index (χ1n) is 11.4. The number of hydrogen-bond donors (Lipinski definition) is 1. The van der Waals surface area contributed by atoms with Crippen LogP contribution in [-0.4, -0.2) is 65.4 Å². The maximum Gasteiger partial charge on any atom is 0.136 e. The standard InChI is InChI=1S/C26H31FN4O2/c1-19-25(16-21-7-6-8-22(27)15-21)26(29-20(2)28-19)31-13-11-30(12-14-31)17-23(32)18-33-24-9-4-3-5-10-24/h3-10,15,23,32H,11-14,16-18H2,1-2H3/t23-/m1/s1. The smallest absolute Gasteiger partial charge is 0.136 e. The van der Waals surface area contributed by atoms with Crippen LogP contribution >= 0.6 is 0 Å². The summed E-state index contributed by atoms with van der Waals surface area (Å²) in [5, 5.41) is 10.4. The monoisotopic (exact) mass is 450 g/mol. The summed E-state index contributed by atoms with van der Waals surface area (Å²) in [6.45, 7) is 7.99. The van der Waals surface area contributed by atoms with E-state index in [-0.39, 0.29) is 12.4 Å². The Bertz CT molecular complexity index is 1060. The summed E-state index contributed by atoms with van der Waals surface area (Å²) in [6.07, 6.45) is 0.0402. The van der Waals surface area contributed by atoms with Crippen molar-refractivity contribution in [2.45, 2.75) is 26.4 Å². The number of piperazine rings is 1. The number of hydrogen-bond acceptors (Lipinski definition) is 6. The average Bonchev–Trinajstić information content (AvgIpc) is 2.81. The van der Waals surface area contributed by atoms with Gasteiger partial charge in [0.25, 0.3) is 0 Å². The highest BCUT2D eigenvalue weighted by atomic mass is 19.1. The molecule has 2 aromatic carbocycles. The molecular formula is C26H31FN4O2. The summed E-state index contributed by atoms with van der Waals surface area (Å²) in [4.78, 5) is 13.8. The second-order valence-corrected chi connectivity index (χ2v) is 8.53. The summed E-state index contributed by atoms with van der Waals surface area (Å²) in [7, 11) is 0. The molecule has 0 aliphatic carbocycles. The van der Waals surface area contributed by atoms with Crippen LogP contribution in [0.4, 0.5) is 10.2 Å². The van der Waals surface area contributed by atoms with E-state index >= 15 is 0 Å². The normalized spacial score (nSPS) is 15.5. The van der Waals surface area contributed by atoms with Crippen LogP contribution < -0.4 is 9.64 Å². The van der Waals surface area contributed by atoms with E-state index < -0.39 is 6.10 Å². The fourth-order valence-electron chi connectivity index (χ4n) is 4.24. The lowest BCUT2D eigenvalue weighted by atomic mass is 10.0. The minimum atomic E-state index is -0.552. The fourth-order valence-corrected chi connectivity index (χ4v) is 4.24. The Kier molecular flexibility index (Phi) is 7.52. The predicted molar refractivity (Wildman–Crippen MR) is 127 cm³/mol. The van der Waals surface area contributed by atoms with Crippen LogP contribution in [0.2, 0.25) is 0 Å². The lowest BCUT2D eigenvalue weighted by Gasteiger charge is -2.37. The first kappa shape index (κ1) is 23.1. The number of aliphatic hydroxyl groups is 1. The molecule has 1 N–H and O–H groups in total. The molecule has 3 aromatic rings. The highest BCUT2D eigenvalue weighted by Crippen LogP contribution is 2.25. The molecule has 0 radical (unpaired) electrons. The molecule has 1 fully saturated rings. The van der Waals surface area contributed by atoms with Gasteiger partial charge in [-0.15, -0.1) is 0 Å². The summed E-state index contributed by atoms with van der Waals surface area (Å²) in [5.41, 5.74) is 2.88. The Morgan fingerprint density at radius 1 is 1.00 bits per heavy atom. The number of nitrogens with zero attached hydrogens (tertiary/aromatic N) is 4. The molecular weight excluding hydrogens is 419 g/mol. The zero-order chi connectivity index (χ0) is 23.2.